The molecule has 0 aliphatic rings. The number of carbonyl (C=O) groups is 1. The maximum atomic E-state index is 13.2. The van der Waals surface area contributed by atoms with Crippen LogP contribution in [0.1, 0.15) is 26.0 Å². The molecule has 4 rings (SSSR count). The lowest BCUT2D eigenvalue weighted by Crippen LogP contribution is -2.09. The molecule has 0 bridgehead atoms. The number of benzene rings is 2. The Morgan fingerprint density at radius 3 is 2.74 bits per heavy atom. The van der Waals surface area contributed by atoms with Gasteiger partial charge in [-0.25, -0.2) is 4.98 Å². The molecule has 0 atom stereocenters. The third kappa shape index (κ3) is 3.13. The maximum absolute atomic E-state index is 13.2. The maximum Gasteiger partial charge on any atom is 0.310 e. The molecule has 0 unspecified atom stereocenters. The zero-order chi connectivity index (χ0) is 19.0. The second-order valence-corrected chi connectivity index (χ2v) is 7.09. The van der Waals surface area contributed by atoms with Gasteiger partial charge in [0.25, 0.3) is 0 Å². The predicted octanol–water partition coefficient (Wildman–Crippen LogP) is 4.95. The van der Waals surface area contributed by atoms with Crippen LogP contribution in [0.4, 0.5) is 0 Å². The lowest BCUT2D eigenvalue weighted by molar-refractivity contribution is -0.134. The molecule has 2 aromatic heterocycles. The van der Waals surface area contributed by atoms with Gasteiger partial charge in [0.15, 0.2) is 0 Å². The summed E-state index contributed by atoms with van der Waals surface area (Å²) in [6, 6.07) is 12.6. The van der Waals surface area contributed by atoms with Crippen molar-refractivity contribution >= 4 is 38.5 Å². The van der Waals surface area contributed by atoms with Crippen LogP contribution in [0.25, 0.3) is 31.8 Å². The number of hydrogen-bond donors (Lipinski definition) is 0. The van der Waals surface area contributed by atoms with Crippen molar-refractivity contribution in [3.05, 3.63) is 58.4 Å². The molecule has 0 aliphatic heterocycles. The largest absolute Gasteiger partial charge is 0.460 e. The molecule has 0 fully saturated rings. The molecule has 2 heterocycles. The van der Waals surface area contributed by atoms with Crippen LogP contribution in [-0.4, -0.2) is 11.0 Å². The van der Waals surface area contributed by atoms with Gasteiger partial charge in [-0.1, -0.05) is 26.0 Å². The summed E-state index contributed by atoms with van der Waals surface area (Å²) in [6.45, 7) is 3.66. The lowest BCUT2D eigenvalue weighted by atomic mass is 10.1. The number of fused-ring (bicyclic) bond motifs is 2. The van der Waals surface area contributed by atoms with Gasteiger partial charge < -0.3 is 9.15 Å². The Morgan fingerprint density at radius 1 is 1.19 bits per heavy atom. The highest BCUT2D eigenvalue weighted by Crippen LogP contribution is 2.32. The number of esters is 1. The smallest absolute Gasteiger partial charge is 0.310 e. The van der Waals surface area contributed by atoms with Crippen molar-refractivity contribution in [3.63, 3.8) is 0 Å². The molecule has 6 heteroatoms. The Kier molecular flexibility index (Phi) is 4.49. The van der Waals surface area contributed by atoms with E-state index < -0.39 is 0 Å². The molecule has 0 saturated carbocycles. The predicted molar refractivity (Wildman–Crippen MR) is 106 cm³/mol. The van der Waals surface area contributed by atoms with Crippen molar-refractivity contribution < 1.29 is 13.9 Å². The molecular weight excluding hydrogens is 362 g/mol. The summed E-state index contributed by atoms with van der Waals surface area (Å²) in [7, 11) is 0. The summed E-state index contributed by atoms with van der Waals surface area (Å²) in [6.07, 6.45) is 0.828. The first kappa shape index (κ1) is 17.4. The molecule has 0 radical (unpaired) electrons. The molecule has 2 aromatic carbocycles. The van der Waals surface area contributed by atoms with Gasteiger partial charge in [0.05, 0.1) is 21.2 Å². The fourth-order valence-electron chi connectivity index (χ4n) is 2.93. The second-order valence-electron chi connectivity index (χ2n) is 6.06. The topological polar surface area (TPSA) is 69.4 Å². The van der Waals surface area contributed by atoms with E-state index in [1.807, 2.05) is 31.2 Å². The van der Waals surface area contributed by atoms with E-state index >= 15 is 0 Å². The fraction of sp³-hybridized carbons (Fsp3) is 0.190. The fourth-order valence-corrected chi connectivity index (χ4v) is 3.96. The molecule has 0 saturated heterocycles. The first-order chi connectivity index (χ1) is 13.1. The SMILES string of the molecule is CCC(=O)Oc1ccc2c(=O)c(-c3nc4ccccc4s3)c(CC)oc2c1. The number of thiazole rings is 1. The quantitative estimate of drug-likeness (QED) is 0.371. The van der Waals surface area contributed by atoms with Gasteiger partial charge in [-0.3, -0.25) is 9.59 Å². The first-order valence-corrected chi connectivity index (χ1v) is 9.58. The van der Waals surface area contributed by atoms with Crippen LogP contribution in [-0.2, 0) is 11.2 Å². The minimum Gasteiger partial charge on any atom is -0.460 e. The van der Waals surface area contributed by atoms with Crippen LogP contribution in [0.2, 0.25) is 0 Å². The van der Waals surface area contributed by atoms with E-state index in [1.54, 1.807) is 25.1 Å². The second kappa shape index (κ2) is 6.96. The summed E-state index contributed by atoms with van der Waals surface area (Å²) in [4.78, 5) is 29.3. The number of aryl methyl sites for hydroxylation is 1. The summed E-state index contributed by atoms with van der Waals surface area (Å²) in [5, 5.41) is 1.10. The molecule has 136 valence electrons. The van der Waals surface area contributed by atoms with Crippen LogP contribution < -0.4 is 10.2 Å². The summed E-state index contributed by atoms with van der Waals surface area (Å²) < 4.78 is 12.3. The van der Waals surface area contributed by atoms with Crippen LogP contribution in [0.5, 0.6) is 5.75 Å². The van der Waals surface area contributed by atoms with E-state index in [0.717, 1.165) is 10.2 Å². The van der Waals surface area contributed by atoms with E-state index in [9.17, 15) is 9.59 Å². The minimum absolute atomic E-state index is 0.125. The number of ether oxygens (including phenoxy) is 1. The van der Waals surface area contributed by atoms with Crippen molar-refractivity contribution in [2.75, 3.05) is 0 Å². The Labute approximate surface area is 159 Å². The number of carbonyl (C=O) groups excluding carboxylic acids is 1. The first-order valence-electron chi connectivity index (χ1n) is 8.77. The zero-order valence-corrected chi connectivity index (χ0v) is 15.8. The molecule has 4 aromatic rings. The Bertz CT molecular complexity index is 1190. The molecular formula is C21H17NO4S. The summed E-state index contributed by atoms with van der Waals surface area (Å²) >= 11 is 1.48. The van der Waals surface area contributed by atoms with E-state index in [0.29, 0.717) is 39.5 Å². The van der Waals surface area contributed by atoms with Gasteiger partial charge in [0.1, 0.15) is 22.1 Å². The zero-order valence-electron chi connectivity index (χ0n) is 14.9. The molecule has 5 nitrogen and oxygen atoms in total. The minimum atomic E-state index is -0.335. The molecule has 0 amide bonds. The van der Waals surface area contributed by atoms with E-state index in [4.69, 9.17) is 9.15 Å². The Morgan fingerprint density at radius 2 is 2.00 bits per heavy atom. The van der Waals surface area contributed by atoms with E-state index in [2.05, 4.69) is 4.98 Å². The van der Waals surface area contributed by atoms with Crippen LogP contribution in [0, 0.1) is 0 Å². The van der Waals surface area contributed by atoms with Crippen molar-refractivity contribution in [2.24, 2.45) is 0 Å². The summed E-state index contributed by atoms with van der Waals surface area (Å²) in [5.74, 6) is 0.608. The van der Waals surface area contributed by atoms with Crippen molar-refractivity contribution in [1.82, 2.24) is 4.98 Å². The average Bonchev–Trinajstić information content (AvgIpc) is 3.10. The number of nitrogens with zero attached hydrogens (tertiary/aromatic N) is 1. The Balaban J connectivity index is 1.90. The number of hydrogen-bond acceptors (Lipinski definition) is 6. The summed E-state index contributed by atoms with van der Waals surface area (Å²) in [5.41, 5.74) is 1.65. The highest BCUT2D eigenvalue weighted by Gasteiger charge is 2.19. The average molecular weight is 379 g/mol. The number of para-hydroxylation sites is 1. The van der Waals surface area contributed by atoms with Gasteiger partial charge in [0.2, 0.25) is 5.43 Å². The van der Waals surface area contributed by atoms with Gasteiger partial charge in [0, 0.05) is 18.9 Å². The van der Waals surface area contributed by atoms with Crippen molar-refractivity contribution in [1.29, 1.82) is 0 Å². The molecule has 0 N–H and O–H groups in total. The van der Waals surface area contributed by atoms with Gasteiger partial charge in [-0.2, -0.15) is 0 Å². The van der Waals surface area contributed by atoms with E-state index in [1.165, 1.54) is 11.3 Å². The van der Waals surface area contributed by atoms with Gasteiger partial charge in [-0.15, -0.1) is 11.3 Å². The van der Waals surface area contributed by atoms with Crippen LogP contribution >= 0.6 is 11.3 Å². The molecule has 0 aliphatic carbocycles. The third-order valence-electron chi connectivity index (χ3n) is 4.29. The van der Waals surface area contributed by atoms with Crippen LogP contribution in [0.3, 0.4) is 0 Å². The normalized spacial score (nSPS) is 11.2. The van der Waals surface area contributed by atoms with Crippen molar-refractivity contribution in [3.8, 4) is 16.3 Å². The van der Waals surface area contributed by atoms with Crippen molar-refractivity contribution in [2.45, 2.75) is 26.7 Å². The number of rotatable bonds is 4. The number of aromatic nitrogens is 1. The highest BCUT2D eigenvalue weighted by atomic mass is 32.1. The van der Waals surface area contributed by atoms with Crippen LogP contribution in [0.15, 0.2) is 51.7 Å². The third-order valence-corrected chi connectivity index (χ3v) is 5.34. The standard InChI is InChI=1S/C21H17NO4S/c1-3-15-19(21-22-14-7-5-6-8-17(14)27-21)20(24)13-10-9-12(11-16(13)26-15)25-18(23)4-2/h5-11H,3-4H2,1-2H3. The Hall–Kier alpha value is -2.99. The highest BCUT2D eigenvalue weighted by molar-refractivity contribution is 7.21. The van der Waals surface area contributed by atoms with E-state index in [-0.39, 0.29) is 17.8 Å². The molecule has 27 heavy (non-hydrogen) atoms. The molecule has 0 spiro atoms. The van der Waals surface area contributed by atoms with Gasteiger partial charge >= 0.3 is 5.97 Å². The lowest BCUT2D eigenvalue weighted by Gasteiger charge is -2.08. The van der Waals surface area contributed by atoms with Gasteiger partial charge in [-0.05, 0) is 24.3 Å². The monoisotopic (exact) mass is 379 g/mol.